The van der Waals surface area contributed by atoms with E-state index in [1.807, 2.05) is 19.0 Å². The third-order valence-corrected chi connectivity index (χ3v) is 2.69. The Bertz CT molecular complexity index is 504. The summed E-state index contributed by atoms with van der Waals surface area (Å²) in [5.41, 5.74) is 0.480. The SMILES string of the molecule is Cc1cc([N+](=O)[O-])cnc1N(CCN(C)C)CC(=O)O. The second kappa shape index (κ2) is 6.80. The first-order valence-corrected chi connectivity index (χ1v) is 6.03. The average Bonchev–Trinajstić information content (AvgIpc) is 2.33. The fraction of sp³-hybridized carbons (Fsp3) is 0.500. The molecule has 0 aliphatic heterocycles. The first-order chi connectivity index (χ1) is 9.31. The van der Waals surface area contributed by atoms with Gasteiger partial charge in [-0.3, -0.25) is 14.9 Å². The van der Waals surface area contributed by atoms with E-state index in [0.29, 0.717) is 24.5 Å². The largest absolute Gasteiger partial charge is 0.480 e. The molecular weight excluding hydrogens is 264 g/mol. The summed E-state index contributed by atoms with van der Waals surface area (Å²) in [5.74, 6) is -0.511. The minimum atomic E-state index is -0.969. The second-order valence-corrected chi connectivity index (χ2v) is 4.71. The smallest absolute Gasteiger partial charge is 0.323 e. The van der Waals surface area contributed by atoms with E-state index >= 15 is 0 Å². The Morgan fingerprint density at radius 2 is 2.10 bits per heavy atom. The molecule has 1 N–H and O–H groups in total. The number of pyridine rings is 1. The van der Waals surface area contributed by atoms with Gasteiger partial charge in [0.1, 0.15) is 18.6 Å². The summed E-state index contributed by atoms with van der Waals surface area (Å²) in [5, 5.41) is 19.6. The Hall–Kier alpha value is -2.22. The summed E-state index contributed by atoms with van der Waals surface area (Å²) < 4.78 is 0. The predicted octanol–water partition coefficient (Wildman–Crippen LogP) is 0.751. The molecule has 0 spiro atoms. The van der Waals surface area contributed by atoms with Gasteiger partial charge in [-0.25, -0.2) is 4.98 Å². The van der Waals surface area contributed by atoms with Crippen molar-refractivity contribution in [2.24, 2.45) is 0 Å². The maximum atomic E-state index is 10.9. The molecular formula is C12H18N4O4. The highest BCUT2D eigenvalue weighted by molar-refractivity contribution is 5.73. The summed E-state index contributed by atoms with van der Waals surface area (Å²) in [6.45, 7) is 2.62. The number of aliphatic carboxylic acids is 1. The number of hydrogen-bond acceptors (Lipinski definition) is 6. The molecule has 0 aliphatic rings. The molecule has 8 heteroatoms. The average molecular weight is 282 g/mol. The minimum absolute atomic E-state index is 0.103. The molecule has 0 amide bonds. The van der Waals surface area contributed by atoms with Crippen LogP contribution in [0.5, 0.6) is 0 Å². The van der Waals surface area contributed by atoms with Crippen LogP contribution < -0.4 is 4.90 Å². The minimum Gasteiger partial charge on any atom is -0.480 e. The number of hydrogen-bond donors (Lipinski definition) is 1. The second-order valence-electron chi connectivity index (χ2n) is 4.71. The zero-order valence-corrected chi connectivity index (χ0v) is 11.7. The molecule has 1 aromatic rings. The number of carboxylic acids is 1. The van der Waals surface area contributed by atoms with Crippen molar-refractivity contribution >= 4 is 17.5 Å². The normalized spacial score (nSPS) is 10.6. The number of carboxylic acid groups (broad SMARTS) is 1. The lowest BCUT2D eigenvalue weighted by molar-refractivity contribution is -0.385. The van der Waals surface area contributed by atoms with E-state index in [2.05, 4.69) is 4.98 Å². The van der Waals surface area contributed by atoms with Crippen LogP contribution in [0, 0.1) is 17.0 Å². The lowest BCUT2D eigenvalue weighted by atomic mass is 10.2. The molecule has 1 aromatic heterocycles. The molecule has 0 fully saturated rings. The summed E-state index contributed by atoms with van der Waals surface area (Å²) in [7, 11) is 3.77. The zero-order valence-electron chi connectivity index (χ0n) is 11.7. The molecule has 20 heavy (non-hydrogen) atoms. The lowest BCUT2D eigenvalue weighted by Crippen LogP contribution is -2.36. The quantitative estimate of drug-likeness (QED) is 0.581. The third kappa shape index (κ3) is 4.47. The number of nitro groups is 1. The van der Waals surface area contributed by atoms with Gasteiger partial charge in [0.05, 0.1) is 4.92 Å². The maximum absolute atomic E-state index is 10.9. The number of anilines is 1. The van der Waals surface area contributed by atoms with Crippen molar-refractivity contribution in [3.05, 3.63) is 27.9 Å². The van der Waals surface area contributed by atoms with Gasteiger partial charge >= 0.3 is 5.97 Å². The van der Waals surface area contributed by atoms with Gasteiger partial charge in [0.25, 0.3) is 5.69 Å². The van der Waals surface area contributed by atoms with E-state index < -0.39 is 10.9 Å². The lowest BCUT2D eigenvalue weighted by Gasteiger charge is -2.24. The van der Waals surface area contributed by atoms with Gasteiger partial charge in [-0.15, -0.1) is 0 Å². The molecule has 0 bridgehead atoms. The fourth-order valence-corrected chi connectivity index (χ4v) is 1.73. The van der Waals surface area contributed by atoms with Crippen molar-refractivity contribution in [1.82, 2.24) is 9.88 Å². The molecule has 0 radical (unpaired) electrons. The van der Waals surface area contributed by atoms with Crippen molar-refractivity contribution < 1.29 is 14.8 Å². The molecule has 0 aliphatic carbocycles. The number of rotatable bonds is 7. The van der Waals surface area contributed by atoms with Gasteiger partial charge in [-0.05, 0) is 26.6 Å². The van der Waals surface area contributed by atoms with E-state index in [9.17, 15) is 14.9 Å². The van der Waals surface area contributed by atoms with E-state index in [0.717, 1.165) is 6.20 Å². The van der Waals surface area contributed by atoms with Crippen LogP contribution in [0.4, 0.5) is 11.5 Å². The molecule has 0 saturated carbocycles. The van der Waals surface area contributed by atoms with Crippen LogP contribution in [0.15, 0.2) is 12.3 Å². The Morgan fingerprint density at radius 3 is 2.55 bits per heavy atom. The van der Waals surface area contributed by atoms with Crippen LogP contribution >= 0.6 is 0 Å². The van der Waals surface area contributed by atoms with Crippen LogP contribution in [0.1, 0.15) is 5.56 Å². The Labute approximate surface area is 116 Å². The topological polar surface area (TPSA) is 99.8 Å². The van der Waals surface area contributed by atoms with Gasteiger partial charge in [-0.2, -0.15) is 0 Å². The standard InChI is InChI=1S/C12H18N4O4/c1-9-6-10(16(19)20)7-13-12(9)15(8-11(17)18)5-4-14(2)3/h6-7H,4-5,8H2,1-3H3,(H,17,18). The monoisotopic (exact) mass is 282 g/mol. The van der Waals surface area contributed by atoms with E-state index in [1.54, 1.807) is 11.8 Å². The van der Waals surface area contributed by atoms with Crippen LogP contribution in [0.25, 0.3) is 0 Å². The predicted molar refractivity (Wildman–Crippen MR) is 74.0 cm³/mol. The maximum Gasteiger partial charge on any atom is 0.323 e. The molecule has 0 saturated heterocycles. The van der Waals surface area contributed by atoms with E-state index in [1.165, 1.54) is 6.07 Å². The first-order valence-electron chi connectivity index (χ1n) is 6.03. The number of aryl methyl sites for hydroxylation is 1. The summed E-state index contributed by atoms with van der Waals surface area (Å²) in [6, 6.07) is 1.40. The molecule has 0 aromatic carbocycles. The Morgan fingerprint density at radius 1 is 1.45 bits per heavy atom. The van der Waals surface area contributed by atoms with Gasteiger partial charge < -0.3 is 14.9 Å². The highest BCUT2D eigenvalue weighted by Crippen LogP contribution is 2.21. The van der Waals surface area contributed by atoms with Crippen LogP contribution in [0.3, 0.4) is 0 Å². The summed E-state index contributed by atoms with van der Waals surface area (Å²) in [6.07, 6.45) is 1.15. The number of nitrogens with zero attached hydrogens (tertiary/aromatic N) is 4. The van der Waals surface area contributed by atoms with Crippen LogP contribution in [0.2, 0.25) is 0 Å². The third-order valence-electron chi connectivity index (χ3n) is 2.69. The molecule has 1 heterocycles. The van der Waals surface area contributed by atoms with E-state index in [4.69, 9.17) is 5.11 Å². The van der Waals surface area contributed by atoms with Crippen molar-refractivity contribution in [2.45, 2.75) is 6.92 Å². The molecule has 8 nitrogen and oxygen atoms in total. The Kier molecular flexibility index (Phi) is 5.39. The van der Waals surface area contributed by atoms with Crippen molar-refractivity contribution in [3.8, 4) is 0 Å². The van der Waals surface area contributed by atoms with Crippen molar-refractivity contribution in [3.63, 3.8) is 0 Å². The Balaban J connectivity index is 3.00. The van der Waals surface area contributed by atoms with Gasteiger partial charge in [0, 0.05) is 19.2 Å². The summed E-state index contributed by atoms with van der Waals surface area (Å²) in [4.78, 5) is 28.6. The number of likely N-dealkylation sites (N-methyl/N-ethyl adjacent to an activating group) is 1. The number of carbonyl (C=O) groups is 1. The summed E-state index contributed by atoms with van der Waals surface area (Å²) >= 11 is 0. The highest BCUT2D eigenvalue weighted by atomic mass is 16.6. The van der Waals surface area contributed by atoms with Gasteiger partial charge in [0.15, 0.2) is 0 Å². The molecule has 110 valence electrons. The highest BCUT2D eigenvalue weighted by Gasteiger charge is 2.17. The van der Waals surface area contributed by atoms with Crippen molar-refractivity contribution in [1.29, 1.82) is 0 Å². The first kappa shape index (κ1) is 15.8. The van der Waals surface area contributed by atoms with E-state index in [-0.39, 0.29) is 12.2 Å². The fourth-order valence-electron chi connectivity index (χ4n) is 1.73. The van der Waals surface area contributed by atoms with Crippen LogP contribution in [-0.4, -0.2) is 59.6 Å². The zero-order chi connectivity index (χ0) is 15.3. The van der Waals surface area contributed by atoms with Crippen molar-refractivity contribution in [2.75, 3.05) is 38.6 Å². The van der Waals surface area contributed by atoms with Crippen LogP contribution in [-0.2, 0) is 4.79 Å². The van der Waals surface area contributed by atoms with Gasteiger partial charge in [0.2, 0.25) is 0 Å². The number of aromatic nitrogens is 1. The van der Waals surface area contributed by atoms with Gasteiger partial charge in [-0.1, -0.05) is 0 Å². The molecule has 1 rings (SSSR count). The molecule has 0 atom stereocenters. The molecule has 0 unspecified atom stereocenters.